The molecule has 4 nitrogen and oxygen atoms in total. The normalized spacial score (nSPS) is 16.1. The molecule has 3 rings (SSSR count). The minimum Gasteiger partial charge on any atom is -0.462 e. The average molecular weight is 336 g/mol. The molecule has 0 saturated heterocycles. The summed E-state index contributed by atoms with van der Waals surface area (Å²) in [5.74, 6) is -0.572. The third-order valence-corrected chi connectivity index (χ3v) is 4.80. The maximum Gasteiger partial charge on any atom is 0.343 e. The van der Waals surface area contributed by atoms with Gasteiger partial charge in [0.25, 0.3) is 5.56 Å². The predicted molar refractivity (Wildman–Crippen MR) is 79.5 cm³/mol. The monoisotopic (exact) mass is 335 g/mol. The zero-order valence-electron chi connectivity index (χ0n) is 11.1. The van der Waals surface area contributed by atoms with Gasteiger partial charge in [0.1, 0.15) is 5.56 Å². The van der Waals surface area contributed by atoms with E-state index in [1.807, 2.05) is 18.3 Å². The Labute approximate surface area is 124 Å². The molecule has 0 aromatic carbocycles. The highest BCUT2D eigenvalue weighted by Gasteiger charge is 2.41. The highest BCUT2D eigenvalue weighted by molar-refractivity contribution is 9.09. The van der Waals surface area contributed by atoms with Crippen molar-refractivity contribution in [2.75, 3.05) is 6.61 Å². The first-order valence-corrected chi connectivity index (χ1v) is 7.36. The van der Waals surface area contributed by atoms with Gasteiger partial charge in [-0.3, -0.25) is 9.20 Å². The van der Waals surface area contributed by atoms with Gasteiger partial charge in [-0.25, -0.2) is 4.79 Å². The number of rotatable bonds is 3. The minimum absolute atomic E-state index is 0.000558. The number of hydrogen-bond acceptors (Lipinski definition) is 3. The summed E-state index contributed by atoms with van der Waals surface area (Å²) >= 11 is 3.67. The van der Waals surface area contributed by atoms with Gasteiger partial charge in [-0.15, -0.1) is 0 Å². The minimum atomic E-state index is -0.572. The van der Waals surface area contributed by atoms with E-state index in [0.717, 1.165) is 23.9 Å². The number of halogens is 1. The van der Waals surface area contributed by atoms with E-state index in [4.69, 9.17) is 4.74 Å². The fraction of sp³-hybridized carbons (Fsp3) is 0.333. The topological polar surface area (TPSA) is 47.8 Å². The van der Waals surface area contributed by atoms with E-state index < -0.39 is 5.97 Å². The Hall–Kier alpha value is -1.62. The number of esters is 1. The smallest absolute Gasteiger partial charge is 0.343 e. The summed E-state index contributed by atoms with van der Waals surface area (Å²) < 4.78 is 6.42. The second-order valence-corrected chi connectivity index (χ2v) is 6.47. The van der Waals surface area contributed by atoms with E-state index >= 15 is 0 Å². The van der Waals surface area contributed by atoms with Crippen LogP contribution in [0.1, 0.15) is 35.7 Å². The lowest BCUT2D eigenvalue weighted by Gasteiger charge is -2.10. The van der Waals surface area contributed by atoms with E-state index in [2.05, 4.69) is 15.9 Å². The molecule has 1 aliphatic rings. The number of hydrogen-bond donors (Lipinski definition) is 0. The molecular weight excluding hydrogens is 322 g/mol. The Morgan fingerprint density at radius 1 is 1.35 bits per heavy atom. The fourth-order valence-corrected chi connectivity index (χ4v) is 2.65. The maximum absolute atomic E-state index is 12.4. The van der Waals surface area contributed by atoms with Crippen LogP contribution < -0.4 is 5.56 Å². The molecule has 2 aromatic heterocycles. The van der Waals surface area contributed by atoms with Gasteiger partial charge in [0.15, 0.2) is 0 Å². The van der Waals surface area contributed by atoms with Gasteiger partial charge >= 0.3 is 5.97 Å². The molecule has 2 heterocycles. The number of ether oxygens (including phenoxy) is 1. The number of aromatic nitrogens is 1. The second kappa shape index (κ2) is 4.74. The first-order valence-electron chi connectivity index (χ1n) is 6.57. The molecule has 1 saturated carbocycles. The summed E-state index contributed by atoms with van der Waals surface area (Å²) in [6, 6.07) is 7.19. The number of carbonyl (C=O) groups is 1. The molecule has 0 atom stereocenters. The van der Waals surface area contributed by atoms with Gasteiger partial charge in [0, 0.05) is 11.7 Å². The SMILES string of the molecule is CCOC(=O)c1ccc2ccc(C3(Br)CC3)cn2c1=O. The molecule has 5 heteroatoms. The van der Waals surface area contributed by atoms with Crippen LogP contribution in [0.2, 0.25) is 0 Å². The lowest BCUT2D eigenvalue weighted by Crippen LogP contribution is -2.23. The van der Waals surface area contributed by atoms with Crippen molar-refractivity contribution in [1.29, 1.82) is 0 Å². The van der Waals surface area contributed by atoms with Crippen LogP contribution in [0.3, 0.4) is 0 Å². The van der Waals surface area contributed by atoms with Gasteiger partial charge < -0.3 is 4.74 Å². The van der Waals surface area contributed by atoms with Crippen LogP contribution in [0.15, 0.2) is 35.3 Å². The van der Waals surface area contributed by atoms with Gasteiger partial charge in [0.2, 0.25) is 0 Å². The quantitative estimate of drug-likeness (QED) is 0.640. The Balaban J connectivity index is 2.15. The Kier molecular flexibility index (Phi) is 3.17. The van der Waals surface area contributed by atoms with Crippen LogP contribution in [-0.2, 0) is 9.06 Å². The van der Waals surface area contributed by atoms with Crippen molar-refractivity contribution in [2.45, 2.75) is 24.1 Å². The van der Waals surface area contributed by atoms with Crippen molar-refractivity contribution >= 4 is 27.4 Å². The number of fused-ring (bicyclic) bond motifs is 1. The molecule has 20 heavy (non-hydrogen) atoms. The summed E-state index contributed by atoms with van der Waals surface area (Å²) in [5, 5.41) is 0. The second-order valence-electron chi connectivity index (χ2n) is 4.95. The molecule has 1 aliphatic carbocycles. The van der Waals surface area contributed by atoms with Gasteiger partial charge in [-0.2, -0.15) is 0 Å². The van der Waals surface area contributed by atoms with E-state index in [1.54, 1.807) is 13.0 Å². The van der Waals surface area contributed by atoms with Crippen LogP contribution in [0.25, 0.3) is 5.52 Å². The molecule has 0 spiro atoms. The molecular formula is C15H14BrNO3. The fourth-order valence-electron chi connectivity index (χ4n) is 2.22. The van der Waals surface area contributed by atoms with Crippen molar-refractivity contribution in [3.05, 3.63) is 51.9 Å². The van der Waals surface area contributed by atoms with Crippen molar-refractivity contribution in [2.24, 2.45) is 0 Å². The summed E-state index contributed by atoms with van der Waals surface area (Å²) in [5.41, 5.74) is 1.57. The number of alkyl halides is 1. The van der Waals surface area contributed by atoms with E-state index in [0.29, 0.717) is 0 Å². The average Bonchev–Trinajstić information content (AvgIpc) is 3.18. The zero-order valence-corrected chi connectivity index (χ0v) is 12.6. The van der Waals surface area contributed by atoms with Crippen LogP contribution in [0, 0.1) is 0 Å². The summed E-state index contributed by atoms with van der Waals surface area (Å²) in [4.78, 5) is 24.1. The highest BCUT2D eigenvalue weighted by atomic mass is 79.9. The summed E-state index contributed by atoms with van der Waals surface area (Å²) in [7, 11) is 0. The maximum atomic E-state index is 12.4. The lowest BCUT2D eigenvalue weighted by atomic mass is 10.1. The van der Waals surface area contributed by atoms with Crippen molar-refractivity contribution in [3.8, 4) is 0 Å². The Bertz CT molecular complexity index is 746. The molecule has 0 radical (unpaired) electrons. The van der Waals surface area contributed by atoms with Crippen molar-refractivity contribution < 1.29 is 9.53 Å². The molecule has 1 fully saturated rings. The van der Waals surface area contributed by atoms with Crippen LogP contribution in [-0.4, -0.2) is 17.0 Å². The van der Waals surface area contributed by atoms with E-state index in [1.165, 1.54) is 10.5 Å². The predicted octanol–water partition coefficient (Wildman–Crippen LogP) is 2.86. The molecule has 0 amide bonds. The largest absolute Gasteiger partial charge is 0.462 e. The van der Waals surface area contributed by atoms with Crippen molar-refractivity contribution in [1.82, 2.24) is 4.40 Å². The highest BCUT2D eigenvalue weighted by Crippen LogP contribution is 2.53. The number of nitrogens with zero attached hydrogens (tertiary/aromatic N) is 1. The van der Waals surface area contributed by atoms with E-state index in [-0.39, 0.29) is 22.1 Å². The van der Waals surface area contributed by atoms with Crippen LogP contribution in [0.5, 0.6) is 0 Å². The molecule has 104 valence electrons. The lowest BCUT2D eigenvalue weighted by molar-refractivity contribution is 0.0524. The van der Waals surface area contributed by atoms with E-state index in [9.17, 15) is 9.59 Å². The first kappa shape index (κ1) is 13.4. The molecule has 0 aliphatic heterocycles. The Morgan fingerprint density at radius 3 is 2.70 bits per heavy atom. The molecule has 0 N–H and O–H groups in total. The third-order valence-electron chi connectivity index (χ3n) is 3.55. The first-order chi connectivity index (χ1) is 9.55. The zero-order chi connectivity index (χ0) is 14.3. The Morgan fingerprint density at radius 2 is 2.05 bits per heavy atom. The van der Waals surface area contributed by atoms with Crippen molar-refractivity contribution in [3.63, 3.8) is 0 Å². The standard InChI is InChI=1S/C15H14BrNO3/c1-2-20-14(19)12-6-5-11-4-3-10(15(16)7-8-15)9-17(11)13(12)18/h3-6,9H,2,7-8H2,1H3. The van der Waals surface area contributed by atoms with Gasteiger partial charge in [0.05, 0.1) is 10.9 Å². The summed E-state index contributed by atoms with van der Waals surface area (Å²) in [6.45, 7) is 1.97. The molecule has 0 bridgehead atoms. The molecule has 0 unspecified atom stereocenters. The van der Waals surface area contributed by atoms with Crippen LogP contribution in [0.4, 0.5) is 0 Å². The molecule has 2 aromatic rings. The van der Waals surface area contributed by atoms with Crippen LogP contribution >= 0.6 is 15.9 Å². The third kappa shape index (κ3) is 2.16. The number of carbonyl (C=O) groups excluding carboxylic acids is 1. The van der Waals surface area contributed by atoms with Gasteiger partial charge in [-0.1, -0.05) is 22.0 Å². The number of pyridine rings is 2. The van der Waals surface area contributed by atoms with Gasteiger partial charge in [-0.05, 0) is 43.5 Å². The summed E-state index contributed by atoms with van der Waals surface area (Å²) in [6.07, 6.45) is 3.93.